The van der Waals surface area contributed by atoms with Gasteiger partial charge in [0.2, 0.25) is 0 Å². The molecule has 0 nitrogen and oxygen atoms in total. The molecule has 0 aliphatic heterocycles. The van der Waals surface area contributed by atoms with E-state index in [2.05, 4.69) is 46.8 Å². The van der Waals surface area contributed by atoms with E-state index in [0.717, 1.165) is 12.8 Å². The summed E-state index contributed by atoms with van der Waals surface area (Å²) in [4.78, 5) is 0. The number of benzene rings is 1. The first-order chi connectivity index (χ1) is 8.67. The van der Waals surface area contributed by atoms with Crippen molar-refractivity contribution < 1.29 is 0 Å². The van der Waals surface area contributed by atoms with E-state index in [9.17, 15) is 0 Å². The van der Waals surface area contributed by atoms with Crippen LogP contribution in [0.5, 0.6) is 0 Å². The number of rotatable bonds is 4. The van der Waals surface area contributed by atoms with Gasteiger partial charge in [-0.2, -0.15) is 0 Å². The Kier molecular flexibility index (Phi) is 3.94. The molecule has 0 radical (unpaired) electrons. The molecule has 0 heteroatoms. The van der Waals surface area contributed by atoms with Gasteiger partial charge in [-0.15, -0.1) is 0 Å². The number of aryl methyl sites for hydroxylation is 2. The maximum Gasteiger partial charge on any atom is 0.00549 e. The highest BCUT2D eigenvalue weighted by Gasteiger charge is 2.27. The Bertz CT molecular complexity index is 477. The summed E-state index contributed by atoms with van der Waals surface area (Å²) in [5, 5.41) is 0. The molecule has 2 rings (SSSR count). The van der Waals surface area contributed by atoms with Crippen LogP contribution in [0.15, 0.2) is 17.7 Å². The van der Waals surface area contributed by atoms with Crippen LogP contribution in [-0.2, 0) is 12.8 Å². The molecule has 0 aromatic heterocycles. The fraction of sp³-hybridized carbons (Fsp3) is 0.556. The Labute approximate surface area is 112 Å². The van der Waals surface area contributed by atoms with Crippen LogP contribution < -0.4 is 0 Å². The molecular weight excluding hydrogens is 216 g/mol. The van der Waals surface area contributed by atoms with Crippen LogP contribution in [0.2, 0.25) is 0 Å². The zero-order valence-corrected chi connectivity index (χ0v) is 12.6. The van der Waals surface area contributed by atoms with Gasteiger partial charge in [0.15, 0.2) is 0 Å². The summed E-state index contributed by atoms with van der Waals surface area (Å²) >= 11 is 0. The summed E-state index contributed by atoms with van der Waals surface area (Å²) in [7, 11) is 0. The lowest BCUT2D eigenvalue weighted by Gasteiger charge is -2.15. The van der Waals surface area contributed by atoms with Crippen LogP contribution in [0.3, 0.4) is 0 Å². The Hall–Kier alpha value is -1.04. The third-order valence-electron chi connectivity index (χ3n) is 4.59. The van der Waals surface area contributed by atoms with Crippen LogP contribution in [0.4, 0.5) is 0 Å². The highest BCUT2D eigenvalue weighted by atomic mass is 14.3. The number of hydrogen-bond donors (Lipinski definition) is 0. The highest BCUT2D eigenvalue weighted by Crippen LogP contribution is 2.45. The predicted molar refractivity (Wildman–Crippen MR) is 81.1 cm³/mol. The Morgan fingerprint density at radius 3 is 2.00 bits per heavy atom. The molecule has 0 bridgehead atoms. The second-order valence-corrected chi connectivity index (χ2v) is 5.39. The van der Waals surface area contributed by atoms with Gasteiger partial charge in [-0.25, -0.2) is 0 Å². The van der Waals surface area contributed by atoms with Crippen molar-refractivity contribution in [2.75, 3.05) is 0 Å². The quantitative estimate of drug-likeness (QED) is 0.653. The molecule has 0 saturated carbocycles. The molecule has 0 heterocycles. The van der Waals surface area contributed by atoms with Crippen molar-refractivity contribution in [1.82, 2.24) is 0 Å². The lowest BCUT2D eigenvalue weighted by molar-refractivity contribution is 0.772. The van der Waals surface area contributed by atoms with Gasteiger partial charge in [-0.1, -0.05) is 45.4 Å². The van der Waals surface area contributed by atoms with Crippen molar-refractivity contribution in [2.45, 2.75) is 66.2 Å². The maximum absolute atomic E-state index is 2.49. The van der Waals surface area contributed by atoms with Crippen molar-refractivity contribution in [3.8, 4) is 0 Å². The van der Waals surface area contributed by atoms with Crippen molar-refractivity contribution in [1.29, 1.82) is 0 Å². The monoisotopic (exact) mass is 242 g/mol. The first-order valence-corrected chi connectivity index (χ1v) is 7.53. The molecule has 1 aliphatic carbocycles. The fourth-order valence-electron chi connectivity index (χ4n) is 3.57. The minimum Gasteiger partial charge on any atom is -0.0645 e. The van der Waals surface area contributed by atoms with Crippen molar-refractivity contribution >= 4 is 5.57 Å². The minimum absolute atomic E-state index is 0.672. The van der Waals surface area contributed by atoms with Gasteiger partial charge in [0.1, 0.15) is 0 Å². The summed E-state index contributed by atoms with van der Waals surface area (Å²) in [5.41, 5.74) is 9.47. The van der Waals surface area contributed by atoms with E-state index >= 15 is 0 Å². The van der Waals surface area contributed by atoms with Crippen LogP contribution in [0.25, 0.3) is 5.57 Å². The average Bonchev–Trinajstić information content (AvgIpc) is 2.66. The Balaban J connectivity index is 2.62. The maximum atomic E-state index is 2.49. The van der Waals surface area contributed by atoms with Crippen molar-refractivity contribution in [3.63, 3.8) is 0 Å². The van der Waals surface area contributed by atoms with Gasteiger partial charge in [0.25, 0.3) is 0 Å². The summed E-state index contributed by atoms with van der Waals surface area (Å²) in [5.74, 6) is 0.672. The van der Waals surface area contributed by atoms with E-state index in [1.807, 2.05) is 0 Å². The number of fused-ring (bicyclic) bond motifs is 1. The molecule has 1 aromatic rings. The van der Waals surface area contributed by atoms with Gasteiger partial charge in [0, 0.05) is 5.92 Å². The standard InChI is InChI=1S/C18H26/c1-6-13-10-17-15(8-3)12(5)16(9-4)18(17)11-14(13)7-2/h10-11,15H,6-9H2,1-5H3. The van der Waals surface area contributed by atoms with Gasteiger partial charge in [-0.3, -0.25) is 0 Å². The largest absolute Gasteiger partial charge is 0.0645 e. The van der Waals surface area contributed by atoms with E-state index < -0.39 is 0 Å². The first kappa shape index (κ1) is 13.4. The van der Waals surface area contributed by atoms with Gasteiger partial charge >= 0.3 is 0 Å². The van der Waals surface area contributed by atoms with E-state index in [0.29, 0.717) is 5.92 Å². The smallest absolute Gasteiger partial charge is 0.00549 e. The second kappa shape index (κ2) is 5.30. The van der Waals surface area contributed by atoms with Crippen molar-refractivity contribution in [3.05, 3.63) is 40.0 Å². The molecule has 0 N–H and O–H groups in total. The topological polar surface area (TPSA) is 0 Å². The van der Waals surface area contributed by atoms with Crippen LogP contribution in [0, 0.1) is 0 Å². The summed E-state index contributed by atoms with van der Waals surface area (Å²) in [6.07, 6.45) is 4.72. The Morgan fingerprint density at radius 1 is 0.889 bits per heavy atom. The SMILES string of the molecule is CCC1=C(C)C(CC)c2cc(CC)c(CC)cc21. The lowest BCUT2D eigenvalue weighted by Crippen LogP contribution is -1.99. The van der Waals surface area contributed by atoms with Crippen molar-refractivity contribution in [2.24, 2.45) is 0 Å². The third kappa shape index (κ3) is 1.92. The zero-order chi connectivity index (χ0) is 13.3. The first-order valence-electron chi connectivity index (χ1n) is 7.53. The molecule has 18 heavy (non-hydrogen) atoms. The van der Waals surface area contributed by atoms with Crippen LogP contribution in [-0.4, -0.2) is 0 Å². The van der Waals surface area contributed by atoms with Gasteiger partial charge in [0.05, 0.1) is 0 Å². The molecular formula is C18H26. The van der Waals surface area contributed by atoms with Gasteiger partial charge < -0.3 is 0 Å². The minimum atomic E-state index is 0.672. The normalized spacial score (nSPS) is 18.4. The average molecular weight is 242 g/mol. The molecule has 0 spiro atoms. The molecule has 1 atom stereocenters. The number of hydrogen-bond acceptors (Lipinski definition) is 0. The van der Waals surface area contributed by atoms with E-state index in [-0.39, 0.29) is 0 Å². The molecule has 1 aliphatic rings. The van der Waals surface area contributed by atoms with E-state index in [1.165, 1.54) is 12.8 Å². The van der Waals surface area contributed by atoms with Gasteiger partial charge in [-0.05, 0) is 60.4 Å². The third-order valence-corrected chi connectivity index (χ3v) is 4.59. The highest BCUT2D eigenvalue weighted by molar-refractivity contribution is 5.78. The molecule has 98 valence electrons. The molecule has 1 aromatic carbocycles. The molecule has 0 amide bonds. The summed E-state index contributed by atoms with van der Waals surface area (Å²) < 4.78 is 0. The predicted octanol–water partition coefficient (Wildman–Crippen LogP) is 5.50. The van der Waals surface area contributed by atoms with Crippen LogP contribution >= 0.6 is 0 Å². The molecule has 0 saturated heterocycles. The lowest BCUT2D eigenvalue weighted by atomic mass is 9.90. The van der Waals surface area contributed by atoms with E-state index in [1.54, 1.807) is 33.4 Å². The second-order valence-electron chi connectivity index (χ2n) is 5.39. The zero-order valence-electron chi connectivity index (χ0n) is 12.6. The molecule has 1 unspecified atom stereocenters. The summed E-state index contributed by atoms with van der Waals surface area (Å²) in [6.45, 7) is 11.5. The summed E-state index contributed by atoms with van der Waals surface area (Å²) in [6, 6.07) is 4.97. The Morgan fingerprint density at radius 2 is 1.50 bits per heavy atom. The van der Waals surface area contributed by atoms with E-state index in [4.69, 9.17) is 0 Å². The molecule has 0 fully saturated rings. The number of allylic oxidation sites excluding steroid dienone is 2. The van der Waals surface area contributed by atoms with Crippen LogP contribution in [0.1, 0.15) is 75.6 Å². The fourth-order valence-corrected chi connectivity index (χ4v) is 3.57.